The second kappa shape index (κ2) is 5.83. The van der Waals surface area contributed by atoms with Gasteiger partial charge in [0.1, 0.15) is 5.82 Å². The topological polar surface area (TPSA) is 49.8 Å². The molecule has 0 amide bonds. The lowest BCUT2D eigenvalue weighted by Gasteiger charge is -2.16. The molecule has 0 aliphatic rings. The van der Waals surface area contributed by atoms with Crippen molar-refractivity contribution in [2.24, 2.45) is 0 Å². The van der Waals surface area contributed by atoms with Gasteiger partial charge in [0.15, 0.2) is 0 Å². The van der Waals surface area contributed by atoms with Crippen LogP contribution in [0.25, 0.3) is 0 Å². The third kappa shape index (κ3) is 4.01. The summed E-state index contributed by atoms with van der Waals surface area (Å²) < 4.78 is 49.3. The third-order valence-corrected chi connectivity index (χ3v) is 2.01. The van der Waals surface area contributed by atoms with Crippen LogP contribution in [0.1, 0.15) is 12.6 Å². The molecule has 0 aliphatic carbocycles. The van der Waals surface area contributed by atoms with Gasteiger partial charge in [0.05, 0.1) is 6.54 Å². The molecule has 0 aromatic carbocycles. The van der Waals surface area contributed by atoms with E-state index in [4.69, 9.17) is 0 Å². The number of halogens is 4. The van der Waals surface area contributed by atoms with Crippen molar-refractivity contribution < 1.29 is 17.6 Å². The molecule has 0 bridgehead atoms. The maximum absolute atomic E-state index is 12.7. The molecule has 1 heterocycles. The highest BCUT2D eigenvalue weighted by Crippen LogP contribution is 2.23. The molecule has 1 aromatic rings. The molecule has 1 aromatic heterocycles. The fourth-order valence-corrected chi connectivity index (χ4v) is 1.18. The minimum atomic E-state index is -4.09. The number of aryl methyl sites for hydroxylation is 1. The molecule has 4 nitrogen and oxygen atoms in total. The van der Waals surface area contributed by atoms with Crippen LogP contribution in [0.4, 0.5) is 29.3 Å². The summed E-state index contributed by atoms with van der Waals surface area (Å²) in [5.74, 6) is -3.74. The Morgan fingerprint density at radius 1 is 1.28 bits per heavy atom. The smallest absolute Gasteiger partial charge is 0.324 e. The van der Waals surface area contributed by atoms with Crippen LogP contribution in [-0.2, 0) is 0 Å². The zero-order valence-electron chi connectivity index (χ0n) is 9.98. The van der Waals surface area contributed by atoms with Crippen molar-refractivity contribution in [1.29, 1.82) is 0 Å². The summed E-state index contributed by atoms with van der Waals surface area (Å²) in [6.07, 6.45) is -3.71. The summed E-state index contributed by atoms with van der Waals surface area (Å²) in [7, 11) is 0. The summed E-state index contributed by atoms with van der Waals surface area (Å²) in [5, 5.41) is 5.00. The van der Waals surface area contributed by atoms with Gasteiger partial charge in [0.2, 0.25) is 5.95 Å². The minimum absolute atomic E-state index is 0.0822. The van der Waals surface area contributed by atoms with Gasteiger partial charge in [-0.25, -0.2) is 13.8 Å². The van der Waals surface area contributed by atoms with Crippen molar-refractivity contribution in [1.82, 2.24) is 9.97 Å². The number of alkyl halides is 4. The molecular weight excluding hydrogens is 252 g/mol. The predicted molar refractivity (Wildman–Crippen MR) is 60.4 cm³/mol. The SMILES string of the molecule is CCNc1nc(C)cc(NCC(F)(F)C(F)F)n1. The monoisotopic (exact) mass is 266 g/mol. The van der Waals surface area contributed by atoms with Gasteiger partial charge in [0.25, 0.3) is 0 Å². The largest absolute Gasteiger partial charge is 0.364 e. The van der Waals surface area contributed by atoms with Crippen LogP contribution in [0.15, 0.2) is 6.07 Å². The number of aromatic nitrogens is 2. The highest BCUT2D eigenvalue weighted by Gasteiger charge is 2.40. The van der Waals surface area contributed by atoms with E-state index in [9.17, 15) is 17.6 Å². The van der Waals surface area contributed by atoms with Crippen molar-refractivity contribution in [2.75, 3.05) is 23.7 Å². The molecule has 1 rings (SSSR count). The summed E-state index contributed by atoms with van der Waals surface area (Å²) in [6.45, 7) is 2.87. The maximum Gasteiger partial charge on any atom is 0.324 e. The van der Waals surface area contributed by atoms with E-state index in [2.05, 4.69) is 20.6 Å². The van der Waals surface area contributed by atoms with Gasteiger partial charge >= 0.3 is 12.3 Å². The first-order valence-electron chi connectivity index (χ1n) is 5.34. The molecular formula is C10H14F4N4. The number of rotatable bonds is 6. The molecule has 0 radical (unpaired) electrons. The first-order valence-corrected chi connectivity index (χ1v) is 5.34. The summed E-state index contributed by atoms with van der Waals surface area (Å²) in [4.78, 5) is 7.88. The molecule has 0 fully saturated rings. The van der Waals surface area contributed by atoms with Gasteiger partial charge in [-0.15, -0.1) is 0 Å². The number of hydrogen-bond acceptors (Lipinski definition) is 4. The van der Waals surface area contributed by atoms with E-state index >= 15 is 0 Å². The fourth-order valence-electron chi connectivity index (χ4n) is 1.18. The standard InChI is InChI=1S/C10H14F4N4/c1-3-15-9-17-6(2)4-7(18-9)16-5-10(13,14)8(11)12/h4,8H,3,5H2,1-2H3,(H2,15,16,17,18). The van der Waals surface area contributed by atoms with Crippen LogP contribution in [0, 0.1) is 6.92 Å². The van der Waals surface area contributed by atoms with Crippen LogP contribution in [0.2, 0.25) is 0 Å². The molecule has 0 saturated heterocycles. The Hall–Kier alpha value is -1.60. The Bertz CT molecular complexity index is 397. The zero-order valence-corrected chi connectivity index (χ0v) is 9.98. The van der Waals surface area contributed by atoms with E-state index in [-0.39, 0.29) is 11.8 Å². The van der Waals surface area contributed by atoms with Crippen molar-refractivity contribution in [3.8, 4) is 0 Å². The molecule has 0 unspecified atom stereocenters. The van der Waals surface area contributed by atoms with E-state index in [1.807, 2.05) is 6.92 Å². The summed E-state index contributed by atoms with van der Waals surface area (Å²) in [5.41, 5.74) is 0.545. The first kappa shape index (κ1) is 14.5. The van der Waals surface area contributed by atoms with Gasteiger partial charge in [-0.1, -0.05) is 0 Å². The highest BCUT2D eigenvalue weighted by atomic mass is 19.3. The number of nitrogens with one attached hydrogen (secondary N) is 2. The quantitative estimate of drug-likeness (QED) is 0.777. The molecule has 0 saturated carbocycles. The van der Waals surface area contributed by atoms with Gasteiger partial charge in [-0.3, -0.25) is 0 Å². The van der Waals surface area contributed by atoms with Crippen molar-refractivity contribution in [2.45, 2.75) is 26.2 Å². The molecule has 0 spiro atoms. The lowest BCUT2D eigenvalue weighted by molar-refractivity contribution is -0.117. The van der Waals surface area contributed by atoms with E-state index < -0.39 is 18.9 Å². The van der Waals surface area contributed by atoms with Crippen LogP contribution in [-0.4, -0.2) is 35.4 Å². The van der Waals surface area contributed by atoms with Crippen LogP contribution in [0.5, 0.6) is 0 Å². The van der Waals surface area contributed by atoms with Crippen LogP contribution in [0.3, 0.4) is 0 Å². The van der Waals surface area contributed by atoms with Gasteiger partial charge in [-0.05, 0) is 13.8 Å². The number of hydrogen-bond donors (Lipinski definition) is 2. The van der Waals surface area contributed by atoms with Gasteiger partial charge in [-0.2, -0.15) is 13.8 Å². The summed E-state index contributed by atoms with van der Waals surface area (Å²) in [6, 6.07) is 1.41. The van der Waals surface area contributed by atoms with E-state index in [1.54, 1.807) is 6.92 Å². The lowest BCUT2D eigenvalue weighted by atomic mass is 10.3. The Morgan fingerprint density at radius 3 is 2.50 bits per heavy atom. The molecule has 2 N–H and O–H groups in total. The number of anilines is 2. The number of nitrogens with zero attached hydrogens (tertiary/aromatic N) is 2. The Balaban J connectivity index is 2.73. The molecule has 0 aliphatic heterocycles. The van der Waals surface area contributed by atoms with Gasteiger partial charge in [0, 0.05) is 18.3 Å². The Morgan fingerprint density at radius 2 is 1.94 bits per heavy atom. The predicted octanol–water partition coefficient (Wildman–Crippen LogP) is 2.53. The average molecular weight is 266 g/mol. The third-order valence-electron chi connectivity index (χ3n) is 2.01. The fraction of sp³-hybridized carbons (Fsp3) is 0.600. The Kier molecular flexibility index (Phi) is 4.69. The van der Waals surface area contributed by atoms with E-state index in [1.165, 1.54) is 6.07 Å². The minimum Gasteiger partial charge on any atom is -0.364 e. The van der Waals surface area contributed by atoms with Crippen molar-refractivity contribution >= 4 is 11.8 Å². The molecule has 102 valence electrons. The summed E-state index contributed by atoms with van der Waals surface area (Å²) >= 11 is 0. The first-order chi connectivity index (χ1) is 8.35. The van der Waals surface area contributed by atoms with E-state index in [0.29, 0.717) is 12.2 Å². The normalized spacial score (nSPS) is 11.7. The van der Waals surface area contributed by atoms with Crippen molar-refractivity contribution in [3.63, 3.8) is 0 Å². The van der Waals surface area contributed by atoms with E-state index in [0.717, 1.165) is 0 Å². The molecule has 0 atom stereocenters. The van der Waals surface area contributed by atoms with Gasteiger partial charge < -0.3 is 10.6 Å². The van der Waals surface area contributed by atoms with Crippen molar-refractivity contribution in [3.05, 3.63) is 11.8 Å². The molecule has 18 heavy (non-hydrogen) atoms. The van der Waals surface area contributed by atoms with Crippen LogP contribution < -0.4 is 10.6 Å². The molecule has 8 heteroatoms. The lowest BCUT2D eigenvalue weighted by Crippen LogP contribution is -2.35. The highest BCUT2D eigenvalue weighted by molar-refractivity contribution is 5.42. The average Bonchev–Trinajstić information content (AvgIpc) is 2.26. The second-order valence-electron chi connectivity index (χ2n) is 3.66. The maximum atomic E-state index is 12.7. The van der Waals surface area contributed by atoms with Crippen LogP contribution >= 0.6 is 0 Å². The Labute approximate surface area is 102 Å². The second-order valence-corrected chi connectivity index (χ2v) is 3.66. The zero-order chi connectivity index (χ0) is 13.8.